The molecule has 0 unspecified atom stereocenters. The molecule has 0 radical (unpaired) electrons. The highest BCUT2D eigenvalue weighted by atomic mass is 32.1. The Kier molecular flexibility index (Phi) is 4.08. The Labute approximate surface area is 131 Å². The average Bonchev–Trinajstić information content (AvgIpc) is 3.14. The maximum atomic E-state index is 12.2. The second kappa shape index (κ2) is 6.17. The Bertz CT molecular complexity index is 792. The van der Waals surface area contributed by atoms with Crippen LogP contribution in [0.2, 0.25) is 0 Å². The molecule has 114 valence electrons. The van der Waals surface area contributed by atoms with Crippen LogP contribution in [0, 0.1) is 0 Å². The minimum absolute atomic E-state index is 0.0694. The van der Waals surface area contributed by atoms with E-state index >= 15 is 0 Å². The maximum absolute atomic E-state index is 12.2. The minimum Gasteiger partial charge on any atom is -0.354 e. The smallest absolute Gasteiger partial charge is 0.263 e. The Hall–Kier alpha value is -2.38. The number of carbonyl (C=O) groups is 1. The lowest BCUT2D eigenvalue weighted by molar-refractivity contribution is 0.0956. The van der Waals surface area contributed by atoms with Gasteiger partial charge in [-0.3, -0.25) is 4.79 Å². The number of nitrogens with one attached hydrogen (secondary N) is 3. The van der Waals surface area contributed by atoms with Crippen LogP contribution in [0.3, 0.4) is 0 Å². The first-order valence-electron chi connectivity index (χ1n) is 6.95. The molecule has 0 bridgehead atoms. The van der Waals surface area contributed by atoms with Gasteiger partial charge in [0.1, 0.15) is 10.5 Å². The summed E-state index contributed by atoms with van der Waals surface area (Å²) in [7, 11) is 0. The molecule has 0 saturated heterocycles. The number of aromatic amines is 1. The number of hydrogen-bond acceptors (Lipinski definition) is 5. The van der Waals surface area contributed by atoms with Crippen molar-refractivity contribution < 1.29 is 4.79 Å². The fourth-order valence-corrected chi connectivity index (χ4v) is 2.90. The van der Waals surface area contributed by atoms with Gasteiger partial charge in [0.25, 0.3) is 5.91 Å². The average molecular weight is 315 g/mol. The predicted molar refractivity (Wildman–Crippen MR) is 89.7 cm³/mol. The summed E-state index contributed by atoms with van der Waals surface area (Å²) in [6.45, 7) is 2.31. The van der Waals surface area contributed by atoms with Gasteiger partial charge in [-0.05, 0) is 30.5 Å². The number of anilines is 2. The van der Waals surface area contributed by atoms with Crippen molar-refractivity contribution in [2.75, 3.05) is 11.9 Å². The van der Waals surface area contributed by atoms with E-state index in [0.717, 1.165) is 22.4 Å². The number of nitrogens with zero attached hydrogens (tertiary/aromatic N) is 1. The lowest BCUT2D eigenvalue weighted by Crippen LogP contribution is -2.35. The molecule has 3 aromatic heterocycles. The summed E-state index contributed by atoms with van der Waals surface area (Å²) in [5, 5.41) is 9.01. The van der Waals surface area contributed by atoms with E-state index in [1.807, 2.05) is 36.7 Å². The largest absolute Gasteiger partial charge is 0.354 e. The van der Waals surface area contributed by atoms with Gasteiger partial charge < -0.3 is 21.4 Å². The van der Waals surface area contributed by atoms with E-state index in [9.17, 15) is 4.79 Å². The first-order chi connectivity index (χ1) is 10.6. The van der Waals surface area contributed by atoms with Crippen LogP contribution in [0.1, 0.15) is 16.6 Å². The summed E-state index contributed by atoms with van der Waals surface area (Å²) < 4.78 is 0. The van der Waals surface area contributed by atoms with E-state index in [2.05, 4.69) is 20.6 Å². The minimum atomic E-state index is -0.117. The predicted octanol–water partition coefficient (Wildman–Crippen LogP) is 2.44. The third-order valence-corrected chi connectivity index (χ3v) is 4.10. The van der Waals surface area contributed by atoms with Gasteiger partial charge in [-0.2, -0.15) is 0 Å². The number of aromatic nitrogens is 2. The maximum Gasteiger partial charge on any atom is 0.263 e. The third-order valence-electron chi connectivity index (χ3n) is 3.19. The standard InChI is InChI=1S/C15H17N5OS/c1-9(16)8-19-15(21)13-12(4-7-22-13)20-11-3-6-18-14-10(11)2-5-17-14/h2-7,9H,8,16H2,1H3,(H,19,21)(H2,17,18,20)/t9-/m1/s1. The topological polar surface area (TPSA) is 95.8 Å². The first-order valence-corrected chi connectivity index (χ1v) is 7.83. The third kappa shape index (κ3) is 2.95. The zero-order valence-corrected chi connectivity index (χ0v) is 12.9. The Morgan fingerprint density at radius 3 is 3.09 bits per heavy atom. The number of nitrogens with two attached hydrogens (primary N) is 1. The molecule has 7 heteroatoms. The second-order valence-corrected chi connectivity index (χ2v) is 5.99. The van der Waals surface area contributed by atoms with Crippen LogP contribution >= 0.6 is 11.3 Å². The van der Waals surface area contributed by atoms with E-state index in [-0.39, 0.29) is 11.9 Å². The van der Waals surface area contributed by atoms with E-state index in [4.69, 9.17) is 5.73 Å². The SMILES string of the molecule is C[C@@H](N)CNC(=O)c1sccc1Nc1ccnc2[nH]ccc12. The summed E-state index contributed by atoms with van der Waals surface area (Å²) in [5.41, 5.74) is 8.16. The van der Waals surface area contributed by atoms with Crippen LogP contribution in [-0.2, 0) is 0 Å². The lowest BCUT2D eigenvalue weighted by Gasteiger charge is -2.10. The molecule has 0 aliphatic rings. The summed E-state index contributed by atoms with van der Waals surface area (Å²) in [5.74, 6) is -0.117. The summed E-state index contributed by atoms with van der Waals surface area (Å²) in [4.78, 5) is 20.2. The molecule has 3 rings (SSSR count). The van der Waals surface area contributed by atoms with Crippen molar-refractivity contribution in [1.29, 1.82) is 0 Å². The molecule has 1 amide bonds. The quantitative estimate of drug-likeness (QED) is 0.581. The molecule has 1 atom stereocenters. The van der Waals surface area contributed by atoms with Crippen LogP contribution < -0.4 is 16.4 Å². The van der Waals surface area contributed by atoms with Crippen molar-refractivity contribution in [1.82, 2.24) is 15.3 Å². The van der Waals surface area contributed by atoms with Crippen LogP contribution in [-0.4, -0.2) is 28.5 Å². The highest BCUT2D eigenvalue weighted by molar-refractivity contribution is 7.12. The van der Waals surface area contributed by atoms with Gasteiger partial charge in [0, 0.05) is 30.4 Å². The van der Waals surface area contributed by atoms with Crippen molar-refractivity contribution in [3.8, 4) is 0 Å². The van der Waals surface area contributed by atoms with E-state index in [0.29, 0.717) is 11.4 Å². The monoisotopic (exact) mass is 315 g/mol. The Morgan fingerprint density at radius 1 is 1.41 bits per heavy atom. The number of pyridine rings is 1. The van der Waals surface area contributed by atoms with Crippen LogP contribution in [0.5, 0.6) is 0 Å². The highest BCUT2D eigenvalue weighted by Gasteiger charge is 2.14. The normalized spacial score (nSPS) is 12.3. The summed E-state index contributed by atoms with van der Waals surface area (Å²) >= 11 is 1.40. The van der Waals surface area contributed by atoms with Gasteiger partial charge >= 0.3 is 0 Å². The van der Waals surface area contributed by atoms with Gasteiger partial charge in [0.2, 0.25) is 0 Å². The number of carbonyl (C=O) groups excluding carboxylic acids is 1. The number of hydrogen-bond donors (Lipinski definition) is 4. The van der Waals surface area contributed by atoms with E-state index in [1.165, 1.54) is 11.3 Å². The Balaban J connectivity index is 1.83. The number of fused-ring (bicyclic) bond motifs is 1. The van der Waals surface area contributed by atoms with E-state index < -0.39 is 0 Å². The molecule has 22 heavy (non-hydrogen) atoms. The number of H-pyrrole nitrogens is 1. The van der Waals surface area contributed by atoms with Crippen molar-refractivity contribution >= 4 is 39.7 Å². The van der Waals surface area contributed by atoms with Gasteiger partial charge in [0.05, 0.1) is 11.4 Å². The van der Waals surface area contributed by atoms with Gasteiger partial charge in [-0.25, -0.2) is 4.98 Å². The van der Waals surface area contributed by atoms with Crippen LogP contribution in [0.4, 0.5) is 11.4 Å². The molecule has 6 nitrogen and oxygen atoms in total. The molecule has 0 saturated carbocycles. The van der Waals surface area contributed by atoms with Gasteiger partial charge in [-0.1, -0.05) is 0 Å². The highest BCUT2D eigenvalue weighted by Crippen LogP contribution is 2.29. The molecule has 3 heterocycles. The number of rotatable bonds is 5. The summed E-state index contributed by atoms with van der Waals surface area (Å²) in [6, 6.07) is 5.66. The van der Waals surface area contributed by atoms with Crippen molar-refractivity contribution in [3.63, 3.8) is 0 Å². The first kappa shape index (κ1) is 14.6. The van der Waals surface area contributed by atoms with Crippen molar-refractivity contribution in [2.24, 2.45) is 5.73 Å². The molecular formula is C15H17N5OS. The number of amides is 1. The second-order valence-electron chi connectivity index (χ2n) is 5.07. The molecule has 0 aliphatic carbocycles. The fraction of sp³-hybridized carbons (Fsp3) is 0.200. The van der Waals surface area contributed by atoms with Crippen molar-refractivity contribution in [3.05, 3.63) is 40.8 Å². The fourth-order valence-electron chi connectivity index (χ4n) is 2.13. The molecular weight excluding hydrogens is 298 g/mol. The van der Waals surface area contributed by atoms with Crippen LogP contribution in [0.15, 0.2) is 36.0 Å². The molecule has 0 spiro atoms. The van der Waals surface area contributed by atoms with Gasteiger partial charge in [0.15, 0.2) is 0 Å². The van der Waals surface area contributed by atoms with Crippen LogP contribution in [0.25, 0.3) is 11.0 Å². The van der Waals surface area contributed by atoms with Gasteiger partial charge in [-0.15, -0.1) is 11.3 Å². The molecule has 0 aromatic carbocycles. The molecule has 0 fully saturated rings. The molecule has 5 N–H and O–H groups in total. The molecule has 3 aromatic rings. The zero-order valence-electron chi connectivity index (χ0n) is 12.1. The lowest BCUT2D eigenvalue weighted by atomic mass is 10.2. The van der Waals surface area contributed by atoms with Crippen molar-refractivity contribution in [2.45, 2.75) is 13.0 Å². The van der Waals surface area contributed by atoms with E-state index in [1.54, 1.807) is 6.20 Å². The number of thiophene rings is 1. The molecule has 0 aliphatic heterocycles. The summed E-state index contributed by atoms with van der Waals surface area (Å²) in [6.07, 6.45) is 3.57. The Morgan fingerprint density at radius 2 is 2.27 bits per heavy atom. The zero-order chi connectivity index (χ0) is 15.5.